The van der Waals surface area contributed by atoms with Gasteiger partial charge in [-0.15, -0.1) is 6.58 Å². The highest BCUT2D eigenvalue weighted by Gasteiger charge is 2.36. The third-order valence-electron chi connectivity index (χ3n) is 3.21. The van der Waals surface area contributed by atoms with E-state index in [0.29, 0.717) is 5.41 Å². The van der Waals surface area contributed by atoms with Crippen LogP contribution in [0.3, 0.4) is 0 Å². The minimum absolute atomic E-state index is 0. The van der Waals surface area contributed by atoms with Gasteiger partial charge < -0.3 is 4.90 Å². The van der Waals surface area contributed by atoms with Gasteiger partial charge in [0, 0.05) is 0 Å². The SMILES string of the molecule is C=CC12CCN(CC1)CC2.[H+]. The van der Waals surface area contributed by atoms with Crippen molar-refractivity contribution in [1.29, 1.82) is 0 Å². The van der Waals surface area contributed by atoms with Gasteiger partial charge in [-0.05, 0) is 44.3 Å². The molecular formula is C9H16N+. The first-order chi connectivity index (χ1) is 4.85. The van der Waals surface area contributed by atoms with Gasteiger partial charge in [-0.3, -0.25) is 0 Å². The second-order valence-electron chi connectivity index (χ2n) is 3.66. The predicted octanol–water partition coefficient (Wildman–Crippen LogP) is 1.77. The van der Waals surface area contributed by atoms with Crippen molar-refractivity contribution in [2.75, 3.05) is 19.6 Å². The van der Waals surface area contributed by atoms with Gasteiger partial charge in [-0.2, -0.15) is 0 Å². The van der Waals surface area contributed by atoms with Crippen LogP contribution in [0, 0.1) is 5.41 Å². The molecule has 0 aromatic rings. The molecule has 3 aliphatic rings. The molecule has 0 aromatic heterocycles. The van der Waals surface area contributed by atoms with Crippen molar-refractivity contribution in [3.8, 4) is 0 Å². The van der Waals surface area contributed by atoms with E-state index >= 15 is 0 Å². The van der Waals surface area contributed by atoms with Gasteiger partial charge in [0.2, 0.25) is 0 Å². The predicted molar refractivity (Wildman–Crippen MR) is 44.0 cm³/mol. The molecule has 0 unspecified atom stereocenters. The van der Waals surface area contributed by atoms with Crippen molar-refractivity contribution < 1.29 is 1.43 Å². The summed E-state index contributed by atoms with van der Waals surface area (Å²) >= 11 is 0. The maximum absolute atomic E-state index is 3.93. The van der Waals surface area contributed by atoms with Crippen molar-refractivity contribution >= 4 is 0 Å². The minimum Gasteiger partial charge on any atom is -0.303 e. The van der Waals surface area contributed by atoms with Crippen LogP contribution in [0.25, 0.3) is 0 Å². The van der Waals surface area contributed by atoms with E-state index in [2.05, 4.69) is 17.6 Å². The molecule has 0 aliphatic carbocycles. The van der Waals surface area contributed by atoms with Gasteiger partial charge in [0.1, 0.15) is 0 Å². The Morgan fingerprint density at radius 3 is 2.00 bits per heavy atom. The number of fused-ring (bicyclic) bond motifs is 3. The zero-order valence-corrected chi connectivity index (χ0v) is 6.47. The van der Waals surface area contributed by atoms with E-state index in [4.69, 9.17) is 0 Å². The van der Waals surface area contributed by atoms with Crippen LogP contribution in [0.5, 0.6) is 0 Å². The zero-order valence-electron chi connectivity index (χ0n) is 7.47. The minimum atomic E-state index is 0. The summed E-state index contributed by atoms with van der Waals surface area (Å²) in [6.45, 7) is 7.87. The summed E-state index contributed by atoms with van der Waals surface area (Å²) in [6, 6.07) is 0. The summed E-state index contributed by atoms with van der Waals surface area (Å²) in [7, 11) is 0. The lowest BCUT2D eigenvalue weighted by Gasteiger charge is -2.46. The van der Waals surface area contributed by atoms with E-state index in [-0.39, 0.29) is 1.43 Å². The van der Waals surface area contributed by atoms with Gasteiger partial charge in [-0.1, -0.05) is 6.08 Å². The lowest BCUT2D eigenvalue weighted by atomic mass is 9.72. The first-order valence-corrected chi connectivity index (χ1v) is 4.21. The van der Waals surface area contributed by atoms with E-state index in [1.165, 1.54) is 38.9 Å². The van der Waals surface area contributed by atoms with Crippen LogP contribution in [-0.2, 0) is 0 Å². The Kier molecular flexibility index (Phi) is 1.34. The van der Waals surface area contributed by atoms with Crippen molar-refractivity contribution in [2.24, 2.45) is 5.41 Å². The number of nitrogens with zero attached hydrogens (tertiary/aromatic N) is 1. The largest absolute Gasteiger partial charge is 1.00 e. The summed E-state index contributed by atoms with van der Waals surface area (Å²) in [6.07, 6.45) is 6.27. The number of hydrogen-bond donors (Lipinski definition) is 0. The van der Waals surface area contributed by atoms with Gasteiger partial charge in [-0.25, -0.2) is 0 Å². The van der Waals surface area contributed by atoms with Crippen LogP contribution < -0.4 is 0 Å². The molecule has 3 aliphatic heterocycles. The highest BCUT2D eigenvalue weighted by atomic mass is 15.1. The van der Waals surface area contributed by atoms with E-state index in [1.54, 1.807) is 0 Å². The molecule has 0 spiro atoms. The molecule has 0 aromatic carbocycles. The van der Waals surface area contributed by atoms with E-state index in [9.17, 15) is 0 Å². The maximum atomic E-state index is 3.93. The molecule has 3 saturated heterocycles. The number of allylic oxidation sites excluding steroid dienone is 1. The molecule has 56 valence electrons. The van der Waals surface area contributed by atoms with E-state index in [1.807, 2.05) is 0 Å². The fourth-order valence-corrected chi connectivity index (χ4v) is 2.16. The Morgan fingerprint density at radius 2 is 1.70 bits per heavy atom. The first-order valence-electron chi connectivity index (χ1n) is 4.21. The molecule has 2 bridgehead atoms. The Bertz CT molecular complexity index is 134. The van der Waals surface area contributed by atoms with Gasteiger partial charge >= 0.3 is 1.43 Å². The highest BCUT2D eigenvalue weighted by molar-refractivity contribution is 5.02. The lowest BCUT2D eigenvalue weighted by Crippen LogP contribution is -2.47. The maximum Gasteiger partial charge on any atom is 1.00 e. The molecule has 3 rings (SSSR count). The summed E-state index contributed by atoms with van der Waals surface area (Å²) in [5.41, 5.74) is 0.550. The normalized spacial score (nSPS) is 45.4. The summed E-state index contributed by atoms with van der Waals surface area (Å²) in [5.74, 6) is 0. The number of rotatable bonds is 1. The van der Waals surface area contributed by atoms with Crippen molar-refractivity contribution in [2.45, 2.75) is 19.3 Å². The smallest absolute Gasteiger partial charge is 0.303 e. The Morgan fingerprint density at radius 1 is 1.20 bits per heavy atom. The molecule has 0 radical (unpaired) electrons. The summed E-state index contributed by atoms with van der Waals surface area (Å²) < 4.78 is 0. The number of hydrogen-bond acceptors (Lipinski definition) is 1. The molecule has 0 saturated carbocycles. The van der Waals surface area contributed by atoms with Crippen molar-refractivity contribution in [1.82, 2.24) is 4.90 Å². The van der Waals surface area contributed by atoms with E-state index < -0.39 is 0 Å². The lowest BCUT2D eigenvalue weighted by molar-refractivity contribution is 0.0616. The fraction of sp³-hybridized carbons (Fsp3) is 0.778. The van der Waals surface area contributed by atoms with Crippen LogP contribution in [0.1, 0.15) is 20.7 Å². The molecule has 1 nitrogen and oxygen atoms in total. The van der Waals surface area contributed by atoms with Gasteiger partial charge in [0.25, 0.3) is 0 Å². The summed E-state index contributed by atoms with van der Waals surface area (Å²) in [5, 5.41) is 0. The third-order valence-corrected chi connectivity index (χ3v) is 3.21. The zero-order chi connectivity index (χ0) is 7.03. The van der Waals surface area contributed by atoms with Crippen LogP contribution in [-0.4, -0.2) is 24.5 Å². The van der Waals surface area contributed by atoms with Crippen molar-refractivity contribution in [3.63, 3.8) is 0 Å². The monoisotopic (exact) mass is 138 g/mol. The highest BCUT2D eigenvalue weighted by Crippen LogP contribution is 2.40. The van der Waals surface area contributed by atoms with E-state index in [0.717, 1.165) is 0 Å². The first kappa shape index (κ1) is 6.41. The Hall–Kier alpha value is -0.300. The Balaban J connectivity index is 0.000000605. The molecule has 1 heteroatoms. The van der Waals surface area contributed by atoms with Crippen LogP contribution in [0.15, 0.2) is 12.7 Å². The van der Waals surface area contributed by atoms with Crippen LogP contribution in [0.4, 0.5) is 0 Å². The molecule has 3 heterocycles. The van der Waals surface area contributed by atoms with Gasteiger partial charge in [0.05, 0.1) is 0 Å². The van der Waals surface area contributed by atoms with Gasteiger partial charge in [0.15, 0.2) is 0 Å². The van der Waals surface area contributed by atoms with Crippen LogP contribution >= 0.6 is 0 Å². The molecular weight excluding hydrogens is 122 g/mol. The topological polar surface area (TPSA) is 3.24 Å². The molecule has 3 fully saturated rings. The second-order valence-corrected chi connectivity index (χ2v) is 3.66. The second kappa shape index (κ2) is 2.09. The van der Waals surface area contributed by atoms with Crippen LogP contribution in [0.2, 0.25) is 0 Å². The quantitative estimate of drug-likeness (QED) is 0.499. The average Bonchev–Trinajstić information content (AvgIpc) is 2.08. The average molecular weight is 138 g/mol. The van der Waals surface area contributed by atoms with Crippen molar-refractivity contribution in [3.05, 3.63) is 12.7 Å². The molecule has 10 heavy (non-hydrogen) atoms. The fourth-order valence-electron chi connectivity index (χ4n) is 2.16. The standard InChI is InChI=1S/C9H15N/c1-2-9-3-6-10(7-4-9)8-5-9/h2H,1,3-8H2/p+1. The summed E-state index contributed by atoms with van der Waals surface area (Å²) in [4.78, 5) is 2.56. The number of piperidine rings is 3. The third kappa shape index (κ3) is 0.807. The molecule has 0 N–H and O–H groups in total. The molecule has 0 atom stereocenters. The molecule has 0 amide bonds. The Labute approximate surface area is 64.2 Å².